The third-order valence-electron chi connectivity index (χ3n) is 5.44. The Morgan fingerprint density at radius 1 is 1.10 bits per heavy atom. The lowest BCUT2D eigenvalue weighted by molar-refractivity contribution is 0.134. The number of benzene rings is 2. The van der Waals surface area contributed by atoms with Crippen molar-refractivity contribution in [3.63, 3.8) is 0 Å². The van der Waals surface area contributed by atoms with E-state index in [9.17, 15) is 17.6 Å². The largest absolute Gasteiger partial charge is 0.354 e. The molecule has 2 atom stereocenters. The molecule has 1 heterocycles. The average Bonchev–Trinajstić information content (AvgIpc) is 2.74. The molecule has 2 unspecified atom stereocenters. The van der Waals surface area contributed by atoms with Gasteiger partial charge >= 0.3 is 0 Å². The van der Waals surface area contributed by atoms with Crippen molar-refractivity contribution in [2.75, 3.05) is 13.6 Å². The molecule has 0 aromatic heterocycles. The van der Waals surface area contributed by atoms with Gasteiger partial charge in [0.15, 0.2) is 29.2 Å². The molecule has 1 saturated heterocycles. The number of hydrogen-bond acceptors (Lipinski definition) is 2. The van der Waals surface area contributed by atoms with Gasteiger partial charge in [0, 0.05) is 50.4 Å². The van der Waals surface area contributed by atoms with E-state index in [4.69, 9.17) is 0 Å². The molecule has 1 aliphatic rings. The van der Waals surface area contributed by atoms with Crippen LogP contribution in [0.5, 0.6) is 0 Å². The quantitative estimate of drug-likeness (QED) is 0.188. The van der Waals surface area contributed by atoms with Crippen LogP contribution < -0.4 is 10.6 Å². The molecule has 0 bridgehead atoms. The number of nitrogens with one attached hydrogen (secondary N) is 2. The van der Waals surface area contributed by atoms with Gasteiger partial charge in [-0.25, -0.2) is 17.6 Å². The minimum absolute atomic E-state index is 0. The summed E-state index contributed by atoms with van der Waals surface area (Å²) < 4.78 is 54.4. The van der Waals surface area contributed by atoms with Crippen molar-refractivity contribution in [2.45, 2.75) is 44.9 Å². The van der Waals surface area contributed by atoms with E-state index in [2.05, 4.69) is 39.6 Å². The Morgan fingerprint density at radius 2 is 1.74 bits per heavy atom. The standard InChI is InChI=1S/C22H26F4N4.HI/c1-14-10-16(8-9-30(14)13-15-6-4-3-5-7-15)29-22(27-2)28-12-17-20(25)18(23)11-19(24)21(17)26;/h3-7,11,14,16H,8-10,12-13H2,1-2H3,(H2,27,28,29);1H. The van der Waals surface area contributed by atoms with Crippen molar-refractivity contribution >= 4 is 29.9 Å². The van der Waals surface area contributed by atoms with Crippen LogP contribution in [0.1, 0.15) is 30.9 Å². The van der Waals surface area contributed by atoms with Gasteiger partial charge in [-0.3, -0.25) is 9.89 Å². The Kier molecular flexibility index (Phi) is 9.54. The molecule has 31 heavy (non-hydrogen) atoms. The highest BCUT2D eigenvalue weighted by atomic mass is 127. The van der Waals surface area contributed by atoms with E-state index in [0.717, 1.165) is 25.9 Å². The molecule has 2 N–H and O–H groups in total. The number of likely N-dealkylation sites (tertiary alicyclic amines) is 1. The van der Waals surface area contributed by atoms with Gasteiger partial charge in [-0.05, 0) is 25.3 Å². The number of piperidine rings is 1. The third kappa shape index (κ3) is 6.55. The van der Waals surface area contributed by atoms with Crippen LogP contribution in [0, 0.1) is 23.3 Å². The molecule has 0 radical (unpaired) electrons. The van der Waals surface area contributed by atoms with E-state index in [1.807, 2.05) is 18.2 Å². The zero-order valence-corrected chi connectivity index (χ0v) is 19.8. The minimum Gasteiger partial charge on any atom is -0.354 e. The van der Waals surface area contributed by atoms with Crippen molar-refractivity contribution in [1.29, 1.82) is 0 Å². The fourth-order valence-corrected chi connectivity index (χ4v) is 3.74. The number of aliphatic imine (C=N–C) groups is 1. The summed E-state index contributed by atoms with van der Waals surface area (Å²) in [5.74, 6) is -5.33. The SMILES string of the molecule is CN=C(NCc1c(F)c(F)cc(F)c1F)NC1CCN(Cc2ccccc2)C(C)C1.I. The molecule has 9 heteroatoms. The van der Waals surface area contributed by atoms with Gasteiger partial charge in [0.1, 0.15) is 0 Å². The molecule has 1 fully saturated rings. The fourth-order valence-electron chi connectivity index (χ4n) is 3.74. The second-order valence-corrected chi connectivity index (χ2v) is 7.54. The number of hydrogen-bond donors (Lipinski definition) is 2. The Bertz CT molecular complexity index is 869. The van der Waals surface area contributed by atoms with Gasteiger partial charge in [-0.1, -0.05) is 30.3 Å². The molecule has 4 nitrogen and oxygen atoms in total. The lowest BCUT2D eigenvalue weighted by Crippen LogP contribution is -2.51. The molecule has 170 valence electrons. The highest BCUT2D eigenvalue weighted by Gasteiger charge is 2.26. The predicted molar refractivity (Wildman–Crippen MR) is 124 cm³/mol. The van der Waals surface area contributed by atoms with Crippen LogP contribution in [-0.4, -0.2) is 36.5 Å². The summed E-state index contributed by atoms with van der Waals surface area (Å²) in [6.45, 7) is 3.51. The molecule has 0 aliphatic carbocycles. The van der Waals surface area contributed by atoms with Crippen molar-refractivity contribution in [1.82, 2.24) is 15.5 Å². The van der Waals surface area contributed by atoms with Crippen LogP contribution >= 0.6 is 24.0 Å². The van der Waals surface area contributed by atoms with Crippen LogP contribution in [0.15, 0.2) is 41.4 Å². The fraction of sp³-hybridized carbons (Fsp3) is 0.409. The van der Waals surface area contributed by atoms with Crippen LogP contribution in [0.4, 0.5) is 17.6 Å². The lowest BCUT2D eigenvalue weighted by atomic mass is 9.97. The summed E-state index contributed by atoms with van der Waals surface area (Å²) in [4.78, 5) is 6.47. The zero-order chi connectivity index (χ0) is 21.7. The number of rotatable bonds is 5. The molecule has 0 spiro atoms. The normalized spacial score (nSPS) is 19.6. The zero-order valence-electron chi connectivity index (χ0n) is 17.5. The van der Waals surface area contributed by atoms with Gasteiger partial charge in [-0.15, -0.1) is 24.0 Å². The maximum Gasteiger partial charge on any atom is 0.191 e. The second-order valence-electron chi connectivity index (χ2n) is 7.54. The minimum atomic E-state index is -1.42. The van der Waals surface area contributed by atoms with E-state index in [1.165, 1.54) is 12.6 Å². The molecule has 0 amide bonds. The molecule has 1 aliphatic heterocycles. The lowest BCUT2D eigenvalue weighted by Gasteiger charge is -2.38. The Hall–Kier alpha value is -1.88. The highest BCUT2D eigenvalue weighted by molar-refractivity contribution is 14.0. The Labute approximate surface area is 197 Å². The van der Waals surface area contributed by atoms with E-state index in [-0.39, 0.29) is 36.1 Å². The molecule has 0 saturated carbocycles. The summed E-state index contributed by atoms with van der Waals surface area (Å²) in [5, 5.41) is 5.99. The first-order chi connectivity index (χ1) is 14.4. The highest BCUT2D eigenvalue weighted by Crippen LogP contribution is 2.21. The van der Waals surface area contributed by atoms with E-state index < -0.39 is 35.4 Å². The van der Waals surface area contributed by atoms with Crippen LogP contribution in [0.25, 0.3) is 0 Å². The van der Waals surface area contributed by atoms with E-state index in [1.54, 1.807) is 0 Å². The smallest absolute Gasteiger partial charge is 0.191 e. The third-order valence-corrected chi connectivity index (χ3v) is 5.44. The van der Waals surface area contributed by atoms with Gasteiger partial charge in [0.2, 0.25) is 0 Å². The topological polar surface area (TPSA) is 39.7 Å². The van der Waals surface area contributed by atoms with Crippen molar-refractivity contribution in [3.05, 3.63) is 70.8 Å². The Balaban J connectivity index is 0.00000341. The summed E-state index contributed by atoms with van der Waals surface area (Å²) >= 11 is 0. The molecular weight excluding hydrogens is 523 g/mol. The predicted octanol–water partition coefficient (Wildman–Crippen LogP) is 4.58. The van der Waals surface area contributed by atoms with Crippen LogP contribution in [0.2, 0.25) is 0 Å². The molecule has 2 aromatic carbocycles. The first kappa shape index (κ1) is 25.4. The number of nitrogens with zero attached hydrogens (tertiary/aromatic N) is 2. The van der Waals surface area contributed by atoms with Crippen molar-refractivity contribution in [3.8, 4) is 0 Å². The van der Waals surface area contributed by atoms with Crippen molar-refractivity contribution < 1.29 is 17.6 Å². The maximum atomic E-state index is 13.8. The van der Waals surface area contributed by atoms with Gasteiger partial charge in [-0.2, -0.15) is 0 Å². The van der Waals surface area contributed by atoms with E-state index in [0.29, 0.717) is 12.0 Å². The number of halogens is 5. The van der Waals surface area contributed by atoms with Crippen molar-refractivity contribution in [2.24, 2.45) is 4.99 Å². The molecule has 3 rings (SSSR count). The van der Waals surface area contributed by atoms with Crippen LogP contribution in [-0.2, 0) is 13.1 Å². The molecular formula is C22H27F4IN4. The summed E-state index contributed by atoms with van der Waals surface area (Å²) in [6, 6.07) is 10.9. The summed E-state index contributed by atoms with van der Waals surface area (Å²) in [7, 11) is 1.53. The first-order valence-corrected chi connectivity index (χ1v) is 9.96. The Morgan fingerprint density at radius 3 is 2.32 bits per heavy atom. The van der Waals surface area contributed by atoms with Crippen LogP contribution in [0.3, 0.4) is 0 Å². The number of guanidine groups is 1. The monoisotopic (exact) mass is 550 g/mol. The first-order valence-electron chi connectivity index (χ1n) is 9.96. The van der Waals surface area contributed by atoms with Gasteiger partial charge < -0.3 is 10.6 Å². The average molecular weight is 550 g/mol. The van der Waals surface area contributed by atoms with E-state index >= 15 is 0 Å². The molecule has 2 aromatic rings. The summed E-state index contributed by atoms with van der Waals surface area (Å²) in [6.07, 6.45) is 1.74. The van der Waals surface area contributed by atoms with Gasteiger partial charge in [0.25, 0.3) is 0 Å². The summed E-state index contributed by atoms with van der Waals surface area (Å²) in [5.41, 5.74) is 0.570. The maximum absolute atomic E-state index is 13.8. The van der Waals surface area contributed by atoms with Gasteiger partial charge in [0.05, 0.1) is 0 Å². The second kappa shape index (κ2) is 11.7.